The van der Waals surface area contributed by atoms with Gasteiger partial charge in [-0.25, -0.2) is 4.79 Å². The molecule has 0 aliphatic rings. The number of benzene rings is 1. The second kappa shape index (κ2) is 4.89. The van der Waals surface area contributed by atoms with E-state index >= 15 is 0 Å². The number of hydrogen-bond donors (Lipinski definition) is 2. The number of ether oxygens (including phenoxy) is 1. The van der Waals surface area contributed by atoms with Crippen molar-refractivity contribution in [2.24, 2.45) is 0 Å². The van der Waals surface area contributed by atoms with Crippen molar-refractivity contribution in [3.05, 3.63) is 23.8 Å². The quantitative estimate of drug-likeness (QED) is 0.767. The smallest absolute Gasteiger partial charge is 0.413 e. The highest BCUT2D eigenvalue weighted by Gasteiger charge is 2.07. The summed E-state index contributed by atoms with van der Waals surface area (Å²) in [5.41, 5.74) is 0.504. The zero-order valence-corrected chi connectivity index (χ0v) is 9.21. The van der Waals surface area contributed by atoms with E-state index in [0.717, 1.165) is 5.56 Å². The normalized spacial score (nSPS) is 11.9. The lowest BCUT2D eigenvalue weighted by atomic mass is 10.2. The Morgan fingerprint density at radius 2 is 2.27 bits per heavy atom. The van der Waals surface area contributed by atoms with E-state index in [1.807, 2.05) is 0 Å². The van der Waals surface area contributed by atoms with Crippen LogP contribution in [-0.2, 0) is 4.74 Å². The number of aryl methyl sites for hydroxylation is 1. The zero-order chi connectivity index (χ0) is 11.4. The molecule has 1 aromatic rings. The summed E-state index contributed by atoms with van der Waals surface area (Å²) < 4.78 is 4.66. The molecule has 0 spiro atoms. The zero-order valence-electron chi connectivity index (χ0n) is 8.45. The van der Waals surface area contributed by atoms with Gasteiger partial charge in [0.2, 0.25) is 0 Å². The van der Waals surface area contributed by atoms with Crippen LogP contribution in [0, 0.1) is 6.92 Å². The summed E-state index contributed by atoms with van der Waals surface area (Å²) >= 11 is 5.46. The summed E-state index contributed by atoms with van der Waals surface area (Å²) in [7, 11) is 0. The van der Waals surface area contributed by atoms with Gasteiger partial charge < -0.3 is 9.84 Å². The second-order valence-corrected chi connectivity index (χ2v) is 3.69. The fourth-order valence-electron chi connectivity index (χ4n) is 0.982. The molecule has 4 nitrogen and oxygen atoms in total. The van der Waals surface area contributed by atoms with Crippen molar-refractivity contribution >= 4 is 23.4 Å². The molecule has 0 radical (unpaired) electrons. The third-order valence-electron chi connectivity index (χ3n) is 1.72. The second-order valence-electron chi connectivity index (χ2n) is 3.07. The molecular formula is C10H12ClNO3. The number of alkyl halides is 1. The van der Waals surface area contributed by atoms with Crippen LogP contribution in [0.25, 0.3) is 0 Å². The van der Waals surface area contributed by atoms with Gasteiger partial charge in [0.15, 0.2) is 5.56 Å². The van der Waals surface area contributed by atoms with E-state index in [4.69, 9.17) is 11.6 Å². The topological polar surface area (TPSA) is 58.6 Å². The molecule has 15 heavy (non-hydrogen) atoms. The first kappa shape index (κ1) is 11.7. The van der Waals surface area contributed by atoms with Crippen LogP contribution in [0.4, 0.5) is 10.5 Å². The van der Waals surface area contributed by atoms with Gasteiger partial charge in [-0.3, -0.25) is 5.32 Å². The Kier molecular flexibility index (Phi) is 3.80. The standard InChI is InChI=1S/C10H12ClNO3/c1-6-3-4-8(5-9(6)13)12-10(14)15-7(2)11/h3-5,7,13H,1-2H3,(H,12,14). The molecule has 0 bridgehead atoms. The maximum atomic E-state index is 11.1. The van der Waals surface area contributed by atoms with E-state index in [1.54, 1.807) is 19.1 Å². The van der Waals surface area contributed by atoms with Gasteiger partial charge in [-0.2, -0.15) is 0 Å². The highest BCUT2D eigenvalue weighted by Crippen LogP contribution is 2.20. The summed E-state index contributed by atoms with van der Waals surface area (Å²) in [5, 5.41) is 11.8. The van der Waals surface area contributed by atoms with Crippen LogP contribution in [0.3, 0.4) is 0 Å². The van der Waals surface area contributed by atoms with E-state index in [2.05, 4.69) is 10.1 Å². The van der Waals surface area contributed by atoms with E-state index in [-0.39, 0.29) is 5.75 Å². The van der Waals surface area contributed by atoms with Crippen molar-refractivity contribution in [2.75, 3.05) is 5.32 Å². The Morgan fingerprint density at radius 1 is 1.60 bits per heavy atom. The molecule has 0 aliphatic carbocycles. The van der Waals surface area contributed by atoms with Gasteiger partial charge in [0.05, 0.1) is 0 Å². The van der Waals surface area contributed by atoms with Gasteiger partial charge in [-0.1, -0.05) is 17.7 Å². The highest BCUT2D eigenvalue weighted by molar-refractivity contribution is 6.20. The molecule has 0 aliphatic heterocycles. The number of phenols is 1. The van der Waals surface area contributed by atoms with Crippen LogP contribution in [0.15, 0.2) is 18.2 Å². The number of anilines is 1. The molecule has 0 aromatic heterocycles. The van der Waals surface area contributed by atoms with Gasteiger partial charge in [0.25, 0.3) is 0 Å². The first-order valence-corrected chi connectivity index (χ1v) is 4.84. The van der Waals surface area contributed by atoms with Crippen molar-refractivity contribution in [1.82, 2.24) is 0 Å². The van der Waals surface area contributed by atoms with Crippen LogP contribution in [-0.4, -0.2) is 16.8 Å². The minimum Gasteiger partial charge on any atom is -0.508 e. The molecule has 2 N–H and O–H groups in total. The van der Waals surface area contributed by atoms with Crippen molar-refractivity contribution in [3.63, 3.8) is 0 Å². The summed E-state index contributed by atoms with van der Waals surface area (Å²) in [6.07, 6.45) is -0.652. The molecule has 5 heteroatoms. The number of carbonyl (C=O) groups excluding carboxylic acids is 1. The number of amides is 1. The Hall–Kier alpha value is -1.42. The Labute approximate surface area is 92.8 Å². The number of aromatic hydroxyl groups is 1. The maximum absolute atomic E-state index is 11.1. The molecule has 0 saturated heterocycles. The molecule has 1 aromatic carbocycles. The number of halogens is 1. The lowest BCUT2D eigenvalue weighted by Gasteiger charge is -2.08. The van der Waals surface area contributed by atoms with E-state index in [9.17, 15) is 9.90 Å². The van der Waals surface area contributed by atoms with Gasteiger partial charge in [-0.15, -0.1) is 0 Å². The average molecular weight is 230 g/mol. The highest BCUT2D eigenvalue weighted by atomic mass is 35.5. The minimum absolute atomic E-state index is 0.117. The summed E-state index contributed by atoms with van der Waals surface area (Å²) in [4.78, 5) is 11.1. The molecular weight excluding hydrogens is 218 g/mol. The number of hydrogen-bond acceptors (Lipinski definition) is 3. The number of phenolic OH excluding ortho intramolecular Hbond substituents is 1. The van der Waals surface area contributed by atoms with E-state index < -0.39 is 11.7 Å². The van der Waals surface area contributed by atoms with Gasteiger partial charge in [0, 0.05) is 11.8 Å². The number of carbonyl (C=O) groups is 1. The van der Waals surface area contributed by atoms with E-state index in [0.29, 0.717) is 5.69 Å². The minimum atomic E-state index is -0.691. The first-order valence-electron chi connectivity index (χ1n) is 4.40. The number of nitrogens with one attached hydrogen (secondary N) is 1. The van der Waals surface area contributed by atoms with Crippen LogP contribution in [0.2, 0.25) is 0 Å². The Morgan fingerprint density at radius 3 is 2.80 bits per heavy atom. The van der Waals surface area contributed by atoms with Crippen LogP contribution in [0.5, 0.6) is 5.75 Å². The van der Waals surface area contributed by atoms with Crippen molar-refractivity contribution < 1.29 is 14.6 Å². The fourth-order valence-corrected chi connectivity index (χ4v) is 1.06. The largest absolute Gasteiger partial charge is 0.508 e. The Bertz CT molecular complexity index is 366. The summed E-state index contributed by atoms with van der Waals surface area (Å²) in [6, 6.07) is 4.79. The van der Waals surface area contributed by atoms with Crippen molar-refractivity contribution in [3.8, 4) is 5.75 Å². The lowest BCUT2D eigenvalue weighted by molar-refractivity contribution is 0.154. The molecule has 82 valence electrons. The number of rotatable bonds is 2. The summed E-state index contributed by atoms with van der Waals surface area (Å²) in [5.74, 6) is 0.117. The maximum Gasteiger partial charge on any atom is 0.413 e. The SMILES string of the molecule is Cc1ccc(NC(=O)OC(C)Cl)cc1O. The van der Waals surface area contributed by atoms with Crippen LogP contribution < -0.4 is 5.32 Å². The van der Waals surface area contributed by atoms with Gasteiger partial charge >= 0.3 is 6.09 Å². The van der Waals surface area contributed by atoms with Crippen LogP contribution in [0.1, 0.15) is 12.5 Å². The molecule has 1 amide bonds. The van der Waals surface area contributed by atoms with Gasteiger partial charge in [-0.05, 0) is 25.5 Å². The molecule has 1 unspecified atom stereocenters. The molecule has 0 fully saturated rings. The fraction of sp³-hybridized carbons (Fsp3) is 0.300. The molecule has 1 atom stereocenters. The lowest BCUT2D eigenvalue weighted by Crippen LogP contribution is -2.16. The molecule has 1 rings (SSSR count). The van der Waals surface area contributed by atoms with Gasteiger partial charge in [0.1, 0.15) is 5.75 Å². The van der Waals surface area contributed by atoms with Crippen LogP contribution >= 0.6 is 11.6 Å². The van der Waals surface area contributed by atoms with E-state index in [1.165, 1.54) is 13.0 Å². The first-order chi connectivity index (χ1) is 6.99. The summed E-state index contributed by atoms with van der Waals surface area (Å²) in [6.45, 7) is 3.30. The third-order valence-corrected chi connectivity index (χ3v) is 1.81. The predicted molar refractivity (Wildman–Crippen MR) is 58.3 cm³/mol. The monoisotopic (exact) mass is 229 g/mol. The van der Waals surface area contributed by atoms with Crippen molar-refractivity contribution in [1.29, 1.82) is 0 Å². The molecule has 0 saturated carbocycles. The Balaban J connectivity index is 2.65. The van der Waals surface area contributed by atoms with Crippen molar-refractivity contribution in [2.45, 2.75) is 19.4 Å². The average Bonchev–Trinajstić information content (AvgIpc) is 2.10. The molecule has 0 heterocycles. The third kappa shape index (κ3) is 3.67. The predicted octanol–water partition coefficient (Wildman–Crippen LogP) is 2.83.